The van der Waals surface area contributed by atoms with Crippen LogP contribution in [0.4, 0.5) is 14.5 Å². The third kappa shape index (κ3) is 2.96. The van der Waals surface area contributed by atoms with Crippen LogP contribution in [0.3, 0.4) is 0 Å². The van der Waals surface area contributed by atoms with Crippen LogP contribution < -0.4 is 5.73 Å². The first-order valence-corrected chi connectivity index (χ1v) is 8.62. The molecular formula is C15H13F2NOS2. The van der Waals surface area contributed by atoms with Gasteiger partial charge >= 0.3 is 0 Å². The van der Waals surface area contributed by atoms with Crippen molar-refractivity contribution >= 4 is 28.2 Å². The van der Waals surface area contributed by atoms with Gasteiger partial charge < -0.3 is 5.73 Å². The zero-order valence-electron chi connectivity index (χ0n) is 11.0. The molecule has 2 N–H and O–H groups in total. The highest BCUT2D eigenvalue weighted by molar-refractivity contribution is 8.01. The monoisotopic (exact) mass is 325 g/mol. The zero-order chi connectivity index (χ0) is 15.0. The van der Waals surface area contributed by atoms with Crippen molar-refractivity contribution in [1.82, 2.24) is 0 Å². The Morgan fingerprint density at radius 3 is 2.57 bits per heavy atom. The van der Waals surface area contributed by atoms with Crippen LogP contribution in [-0.4, -0.2) is 15.2 Å². The normalized spacial score (nSPS) is 18.5. The Balaban J connectivity index is 1.77. The van der Waals surface area contributed by atoms with E-state index in [0.29, 0.717) is 0 Å². The van der Waals surface area contributed by atoms with E-state index in [-0.39, 0.29) is 21.6 Å². The summed E-state index contributed by atoms with van der Waals surface area (Å²) in [5.41, 5.74) is 6.56. The van der Waals surface area contributed by atoms with E-state index >= 15 is 0 Å². The van der Waals surface area contributed by atoms with Crippen LogP contribution in [0, 0.1) is 11.6 Å². The van der Waals surface area contributed by atoms with Gasteiger partial charge in [0.05, 0.1) is 10.8 Å². The fraction of sp³-hybridized carbons (Fsp3) is 0.200. The van der Waals surface area contributed by atoms with Crippen molar-refractivity contribution < 1.29 is 13.0 Å². The second kappa shape index (κ2) is 5.77. The summed E-state index contributed by atoms with van der Waals surface area (Å²) in [5, 5.41) is 0.0691. The lowest BCUT2D eigenvalue weighted by molar-refractivity contribution is 0.535. The number of benzene rings is 2. The molecular weight excluding hydrogens is 312 g/mol. The van der Waals surface area contributed by atoms with E-state index in [9.17, 15) is 13.0 Å². The van der Waals surface area contributed by atoms with Crippen molar-refractivity contribution in [2.45, 2.75) is 21.5 Å². The van der Waals surface area contributed by atoms with Gasteiger partial charge in [0.1, 0.15) is 16.5 Å². The fourth-order valence-corrected chi connectivity index (χ4v) is 5.30. The molecule has 3 rings (SSSR count). The summed E-state index contributed by atoms with van der Waals surface area (Å²) in [6.45, 7) is 0. The maximum Gasteiger partial charge on any atom is 0.144 e. The van der Waals surface area contributed by atoms with Crippen LogP contribution >= 0.6 is 11.8 Å². The summed E-state index contributed by atoms with van der Waals surface area (Å²) < 4.78 is 39.8. The van der Waals surface area contributed by atoms with Gasteiger partial charge in [0.25, 0.3) is 0 Å². The molecule has 0 amide bonds. The first-order chi connectivity index (χ1) is 10.0. The Kier molecular flexibility index (Phi) is 3.99. The van der Waals surface area contributed by atoms with E-state index in [1.807, 2.05) is 24.3 Å². The van der Waals surface area contributed by atoms with Crippen molar-refractivity contribution in [3.8, 4) is 0 Å². The van der Waals surface area contributed by atoms with Gasteiger partial charge in [0, 0.05) is 21.6 Å². The van der Waals surface area contributed by atoms with Gasteiger partial charge in [0.15, 0.2) is 0 Å². The van der Waals surface area contributed by atoms with E-state index in [4.69, 9.17) is 5.73 Å². The van der Waals surface area contributed by atoms with Crippen molar-refractivity contribution in [3.05, 3.63) is 53.6 Å². The van der Waals surface area contributed by atoms with Crippen LogP contribution in [0.1, 0.15) is 5.56 Å². The number of halogens is 2. The van der Waals surface area contributed by atoms with Gasteiger partial charge in [-0.15, -0.1) is 11.8 Å². The Bertz CT molecular complexity index is 673. The molecule has 0 saturated carbocycles. The number of anilines is 1. The maximum absolute atomic E-state index is 13.8. The molecule has 0 aromatic heterocycles. The molecule has 0 saturated heterocycles. The maximum atomic E-state index is 13.8. The smallest absolute Gasteiger partial charge is 0.144 e. The minimum atomic E-state index is -1.72. The highest BCUT2D eigenvalue weighted by Crippen LogP contribution is 2.37. The van der Waals surface area contributed by atoms with Crippen molar-refractivity contribution in [2.24, 2.45) is 0 Å². The number of nitrogen functional groups attached to an aromatic ring is 1. The van der Waals surface area contributed by atoms with Crippen molar-refractivity contribution in [1.29, 1.82) is 0 Å². The van der Waals surface area contributed by atoms with Crippen LogP contribution in [0.25, 0.3) is 0 Å². The van der Waals surface area contributed by atoms with Crippen LogP contribution in [0.2, 0.25) is 0 Å². The van der Waals surface area contributed by atoms with E-state index in [1.165, 1.54) is 5.56 Å². The molecule has 1 aliphatic rings. The van der Waals surface area contributed by atoms with Crippen LogP contribution in [-0.2, 0) is 17.2 Å². The Morgan fingerprint density at radius 2 is 1.90 bits per heavy atom. The van der Waals surface area contributed by atoms with Crippen LogP contribution in [0.5, 0.6) is 0 Å². The molecule has 1 aliphatic heterocycles. The second-order valence-electron chi connectivity index (χ2n) is 4.88. The minimum Gasteiger partial charge on any atom is -0.399 e. The fourth-order valence-electron chi connectivity index (χ4n) is 2.40. The Labute approximate surface area is 128 Å². The number of rotatable bonds is 3. The van der Waals surface area contributed by atoms with Crippen LogP contribution in [0.15, 0.2) is 46.2 Å². The lowest BCUT2D eigenvalue weighted by Gasteiger charge is -2.10. The zero-order valence-corrected chi connectivity index (χ0v) is 12.6. The molecule has 0 spiro atoms. The molecule has 21 heavy (non-hydrogen) atoms. The van der Waals surface area contributed by atoms with E-state index in [0.717, 1.165) is 23.4 Å². The van der Waals surface area contributed by atoms with E-state index in [2.05, 4.69) is 0 Å². The predicted octanol–water partition coefficient (Wildman–Crippen LogP) is 3.37. The predicted molar refractivity (Wildman–Crippen MR) is 81.8 cm³/mol. The lowest BCUT2D eigenvalue weighted by Crippen LogP contribution is -2.15. The van der Waals surface area contributed by atoms with Gasteiger partial charge in [-0.1, -0.05) is 18.2 Å². The average molecular weight is 325 g/mol. The Morgan fingerprint density at radius 1 is 1.24 bits per heavy atom. The summed E-state index contributed by atoms with van der Waals surface area (Å²) in [5.74, 6) is -1.46. The third-order valence-electron chi connectivity index (χ3n) is 3.30. The standard InChI is InChI=1S/C15H13F2NOS2/c16-12-6-10(18)7-13(17)15(12)21(19)8-11-5-9-3-1-2-4-14(9)20-11/h1-4,6-7,11H,5,8,18H2. The van der Waals surface area contributed by atoms with Gasteiger partial charge in [-0.05, 0) is 30.2 Å². The van der Waals surface area contributed by atoms with Gasteiger partial charge in [0.2, 0.25) is 0 Å². The SMILES string of the molecule is Nc1cc(F)c(S(=O)CC2Cc3ccccc3S2)c(F)c1. The Hall–Kier alpha value is -1.40. The molecule has 2 nitrogen and oxygen atoms in total. The molecule has 0 fully saturated rings. The number of hydrogen-bond acceptors (Lipinski definition) is 3. The topological polar surface area (TPSA) is 43.1 Å². The van der Waals surface area contributed by atoms with Gasteiger partial charge in [-0.2, -0.15) is 0 Å². The molecule has 2 atom stereocenters. The first-order valence-electron chi connectivity index (χ1n) is 6.42. The highest BCUT2D eigenvalue weighted by Gasteiger charge is 2.26. The van der Waals surface area contributed by atoms with E-state index in [1.54, 1.807) is 11.8 Å². The average Bonchev–Trinajstić information content (AvgIpc) is 2.79. The first kappa shape index (κ1) is 14.5. The molecule has 0 bridgehead atoms. The number of nitrogens with two attached hydrogens (primary N) is 1. The molecule has 2 aromatic carbocycles. The third-order valence-corrected chi connectivity index (χ3v) is 6.38. The number of fused-ring (bicyclic) bond motifs is 1. The van der Waals surface area contributed by atoms with Crippen molar-refractivity contribution in [3.63, 3.8) is 0 Å². The number of thioether (sulfide) groups is 1. The van der Waals surface area contributed by atoms with Crippen molar-refractivity contribution in [2.75, 3.05) is 11.5 Å². The minimum absolute atomic E-state index is 0.00611. The second-order valence-corrected chi connectivity index (χ2v) is 7.65. The van der Waals surface area contributed by atoms with Gasteiger partial charge in [-0.25, -0.2) is 8.78 Å². The quantitative estimate of drug-likeness (QED) is 0.880. The summed E-state index contributed by atoms with van der Waals surface area (Å²) in [6, 6.07) is 9.95. The highest BCUT2D eigenvalue weighted by atomic mass is 32.2. The summed E-state index contributed by atoms with van der Waals surface area (Å²) >= 11 is 1.61. The molecule has 110 valence electrons. The largest absolute Gasteiger partial charge is 0.399 e. The lowest BCUT2D eigenvalue weighted by atomic mass is 10.1. The number of hydrogen-bond donors (Lipinski definition) is 1. The van der Waals surface area contributed by atoms with Gasteiger partial charge in [-0.3, -0.25) is 4.21 Å². The summed E-state index contributed by atoms with van der Waals surface area (Å²) in [6.07, 6.45) is 0.769. The molecule has 6 heteroatoms. The molecule has 0 aliphatic carbocycles. The molecule has 1 heterocycles. The molecule has 0 radical (unpaired) electrons. The molecule has 2 aromatic rings. The molecule has 2 unspecified atom stereocenters. The van der Waals surface area contributed by atoms with E-state index < -0.39 is 22.4 Å². The summed E-state index contributed by atoms with van der Waals surface area (Å²) in [4.78, 5) is 0.776. The summed E-state index contributed by atoms with van der Waals surface area (Å²) in [7, 11) is -1.72.